The van der Waals surface area contributed by atoms with Gasteiger partial charge < -0.3 is 9.53 Å². The molecule has 1 unspecified atom stereocenters. The summed E-state index contributed by atoms with van der Waals surface area (Å²) in [5.74, 6) is -0.630. The Hall–Kier alpha value is -3.01. The van der Waals surface area contributed by atoms with E-state index in [2.05, 4.69) is 4.74 Å². The van der Waals surface area contributed by atoms with E-state index in [0.29, 0.717) is 11.9 Å². The first-order valence-corrected chi connectivity index (χ1v) is 7.91. The minimum Gasteiger partial charge on any atom is -0.469 e. The molecule has 2 rings (SSSR count). The fourth-order valence-corrected chi connectivity index (χ4v) is 1.99. The molecule has 0 amide bonds. The molecule has 25 heavy (non-hydrogen) atoms. The third kappa shape index (κ3) is 7.40. The van der Waals surface area contributed by atoms with E-state index < -0.39 is 0 Å². The standard InChI is InChI=1S/C15H12O.C6H10O3/c16-12-15(14-9-5-2-6-10-14)11-13-7-3-1-4-8-13;1-5(3-4-7)6(8)9-2/h1-12H;4-5H,3H2,1-2H3/b15-11+;. The molecule has 4 nitrogen and oxygen atoms in total. The van der Waals surface area contributed by atoms with Gasteiger partial charge in [0.25, 0.3) is 0 Å². The third-order valence-electron chi connectivity index (χ3n) is 3.41. The predicted octanol–water partition coefficient (Wildman–Crippen LogP) is 3.81. The number of aldehydes is 2. The Bertz CT molecular complexity index is 690. The average Bonchev–Trinajstić information content (AvgIpc) is 2.67. The van der Waals surface area contributed by atoms with Crippen LogP contribution in [0.25, 0.3) is 11.6 Å². The van der Waals surface area contributed by atoms with Crippen LogP contribution >= 0.6 is 0 Å². The number of carbonyl (C=O) groups excluding carboxylic acids is 3. The molecule has 0 aliphatic carbocycles. The van der Waals surface area contributed by atoms with Crippen LogP contribution < -0.4 is 0 Å². The molecular formula is C21H22O4. The van der Waals surface area contributed by atoms with Crippen molar-refractivity contribution in [3.05, 3.63) is 71.8 Å². The van der Waals surface area contributed by atoms with Gasteiger partial charge in [0, 0.05) is 12.0 Å². The minimum absolute atomic E-state index is 0.243. The van der Waals surface area contributed by atoms with E-state index >= 15 is 0 Å². The lowest BCUT2D eigenvalue weighted by Crippen LogP contribution is -2.12. The Morgan fingerprint density at radius 2 is 1.56 bits per heavy atom. The molecule has 0 N–H and O–H groups in total. The van der Waals surface area contributed by atoms with Gasteiger partial charge in [0.1, 0.15) is 6.29 Å². The summed E-state index contributed by atoms with van der Waals surface area (Å²) in [6, 6.07) is 19.5. The Morgan fingerprint density at radius 1 is 1.00 bits per heavy atom. The van der Waals surface area contributed by atoms with Crippen LogP contribution in [0, 0.1) is 5.92 Å². The number of carbonyl (C=O) groups is 3. The second kappa shape index (κ2) is 11.5. The van der Waals surface area contributed by atoms with E-state index in [0.717, 1.165) is 17.4 Å². The number of rotatable bonds is 6. The number of esters is 1. The predicted molar refractivity (Wildman–Crippen MR) is 98.7 cm³/mol. The molecule has 0 radical (unpaired) electrons. The second-order valence-corrected chi connectivity index (χ2v) is 5.32. The van der Waals surface area contributed by atoms with Gasteiger partial charge in [0.15, 0.2) is 6.29 Å². The lowest BCUT2D eigenvalue weighted by atomic mass is 10.0. The summed E-state index contributed by atoms with van der Waals surface area (Å²) in [6.07, 6.45) is 3.74. The number of ether oxygens (including phenoxy) is 1. The minimum atomic E-state index is -0.331. The van der Waals surface area contributed by atoms with Crippen molar-refractivity contribution in [2.24, 2.45) is 5.92 Å². The maximum Gasteiger partial charge on any atom is 0.308 e. The van der Waals surface area contributed by atoms with E-state index in [-0.39, 0.29) is 18.3 Å². The van der Waals surface area contributed by atoms with Gasteiger partial charge in [-0.2, -0.15) is 0 Å². The fraction of sp³-hybridized carbons (Fsp3) is 0.190. The maximum absolute atomic E-state index is 11.0. The largest absolute Gasteiger partial charge is 0.469 e. The van der Waals surface area contributed by atoms with Crippen LogP contribution in [0.1, 0.15) is 24.5 Å². The SMILES string of the molecule is COC(=O)C(C)CC=O.O=C/C(=C\c1ccccc1)c1ccccc1. The van der Waals surface area contributed by atoms with Gasteiger partial charge in [0.05, 0.1) is 13.0 Å². The first-order chi connectivity index (χ1) is 12.1. The number of hydrogen-bond donors (Lipinski definition) is 0. The van der Waals surface area contributed by atoms with Crippen molar-refractivity contribution < 1.29 is 19.1 Å². The van der Waals surface area contributed by atoms with Gasteiger partial charge in [-0.25, -0.2) is 0 Å². The molecule has 0 heterocycles. The van der Waals surface area contributed by atoms with Crippen LogP contribution in [0.5, 0.6) is 0 Å². The smallest absolute Gasteiger partial charge is 0.308 e. The lowest BCUT2D eigenvalue weighted by molar-refractivity contribution is -0.145. The topological polar surface area (TPSA) is 60.4 Å². The van der Waals surface area contributed by atoms with Crippen LogP contribution in [0.4, 0.5) is 0 Å². The van der Waals surface area contributed by atoms with Gasteiger partial charge in [-0.3, -0.25) is 9.59 Å². The van der Waals surface area contributed by atoms with Crippen molar-refractivity contribution in [1.29, 1.82) is 0 Å². The Morgan fingerprint density at radius 3 is 2.04 bits per heavy atom. The molecule has 2 aromatic carbocycles. The van der Waals surface area contributed by atoms with Crippen LogP contribution in [0.3, 0.4) is 0 Å². The van der Waals surface area contributed by atoms with Crippen molar-refractivity contribution in [2.45, 2.75) is 13.3 Å². The summed E-state index contributed by atoms with van der Waals surface area (Å²) in [4.78, 5) is 31.4. The van der Waals surface area contributed by atoms with Crippen molar-refractivity contribution in [2.75, 3.05) is 7.11 Å². The highest BCUT2D eigenvalue weighted by molar-refractivity contribution is 6.13. The lowest BCUT2D eigenvalue weighted by Gasteiger charge is -2.02. The molecule has 0 bridgehead atoms. The van der Waals surface area contributed by atoms with Crippen LogP contribution in [0.15, 0.2) is 60.7 Å². The summed E-state index contributed by atoms with van der Waals surface area (Å²) in [6.45, 7) is 1.65. The molecule has 0 fully saturated rings. The van der Waals surface area contributed by atoms with E-state index in [1.54, 1.807) is 6.92 Å². The second-order valence-electron chi connectivity index (χ2n) is 5.32. The van der Waals surface area contributed by atoms with Crippen molar-refractivity contribution in [1.82, 2.24) is 0 Å². The molecule has 1 atom stereocenters. The van der Waals surface area contributed by atoms with Crippen LogP contribution in [-0.4, -0.2) is 25.7 Å². The fourth-order valence-electron chi connectivity index (χ4n) is 1.99. The molecule has 2 aromatic rings. The van der Waals surface area contributed by atoms with Gasteiger partial charge in [-0.05, 0) is 17.2 Å². The van der Waals surface area contributed by atoms with Gasteiger partial charge in [-0.15, -0.1) is 0 Å². The summed E-state index contributed by atoms with van der Waals surface area (Å²) >= 11 is 0. The van der Waals surface area contributed by atoms with Crippen molar-refractivity contribution >= 4 is 30.2 Å². The molecule has 4 heteroatoms. The molecular weight excluding hydrogens is 316 g/mol. The number of methoxy groups -OCH3 is 1. The summed E-state index contributed by atoms with van der Waals surface area (Å²) in [5, 5.41) is 0. The normalized spacial score (nSPS) is 11.5. The summed E-state index contributed by atoms with van der Waals surface area (Å²) < 4.78 is 4.37. The third-order valence-corrected chi connectivity index (χ3v) is 3.41. The molecule has 0 aliphatic heterocycles. The van der Waals surface area contributed by atoms with E-state index in [1.807, 2.05) is 66.7 Å². The van der Waals surface area contributed by atoms with Crippen LogP contribution in [0.2, 0.25) is 0 Å². The van der Waals surface area contributed by atoms with Crippen LogP contribution in [-0.2, 0) is 19.1 Å². The highest BCUT2D eigenvalue weighted by atomic mass is 16.5. The highest BCUT2D eigenvalue weighted by Gasteiger charge is 2.10. The molecule has 0 saturated heterocycles. The number of allylic oxidation sites excluding steroid dienone is 1. The Balaban J connectivity index is 0.000000299. The van der Waals surface area contributed by atoms with E-state index in [1.165, 1.54) is 7.11 Å². The molecule has 0 spiro atoms. The average molecular weight is 338 g/mol. The van der Waals surface area contributed by atoms with Gasteiger partial charge in [0.2, 0.25) is 0 Å². The van der Waals surface area contributed by atoms with Gasteiger partial charge in [-0.1, -0.05) is 67.6 Å². The summed E-state index contributed by atoms with van der Waals surface area (Å²) in [7, 11) is 1.31. The summed E-state index contributed by atoms with van der Waals surface area (Å²) in [5.41, 5.74) is 2.68. The Labute approximate surface area is 148 Å². The first-order valence-electron chi connectivity index (χ1n) is 7.91. The maximum atomic E-state index is 11.0. The van der Waals surface area contributed by atoms with E-state index in [4.69, 9.17) is 0 Å². The molecule has 130 valence electrons. The number of hydrogen-bond acceptors (Lipinski definition) is 4. The number of benzene rings is 2. The monoisotopic (exact) mass is 338 g/mol. The van der Waals surface area contributed by atoms with Crippen molar-refractivity contribution in [3.8, 4) is 0 Å². The van der Waals surface area contributed by atoms with E-state index in [9.17, 15) is 14.4 Å². The zero-order valence-corrected chi connectivity index (χ0v) is 14.4. The zero-order valence-electron chi connectivity index (χ0n) is 14.4. The van der Waals surface area contributed by atoms with Gasteiger partial charge >= 0.3 is 5.97 Å². The molecule has 0 aliphatic rings. The zero-order chi connectivity index (χ0) is 18.5. The highest BCUT2D eigenvalue weighted by Crippen LogP contribution is 2.15. The Kier molecular flexibility index (Phi) is 9.23. The molecule has 0 saturated carbocycles. The quantitative estimate of drug-likeness (QED) is 0.348. The first kappa shape index (κ1) is 20.0. The molecule has 0 aromatic heterocycles. The van der Waals surface area contributed by atoms with Crippen molar-refractivity contribution in [3.63, 3.8) is 0 Å².